The van der Waals surface area contributed by atoms with Crippen LogP contribution in [0.1, 0.15) is 16.8 Å². The molecule has 0 atom stereocenters. The Morgan fingerprint density at radius 1 is 1.39 bits per heavy atom. The summed E-state index contributed by atoms with van der Waals surface area (Å²) in [7, 11) is 0. The highest BCUT2D eigenvalue weighted by Crippen LogP contribution is 2.29. The zero-order valence-electron chi connectivity index (χ0n) is 9.96. The standard InChI is InChI=1S/C13H11BrFN3/c1-7-8(2)18(13(17)10(7)6-16)12-4-3-9(14)5-11(12)15/h3-5H,17H2,1-2H3. The molecule has 0 unspecified atom stereocenters. The van der Waals surface area contributed by atoms with Gasteiger partial charge >= 0.3 is 0 Å². The van der Waals surface area contributed by atoms with E-state index in [2.05, 4.69) is 15.9 Å². The smallest absolute Gasteiger partial charge is 0.148 e. The van der Waals surface area contributed by atoms with Gasteiger partial charge in [0.2, 0.25) is 0 Å². The number of nitrogens with zero attached hydrogens (tertiary/aromatic N) is 2. The molecule has 2 rings (SSSR count). The molecular weight excluding hydrogens is 297 g/mol. The molecule has 0 amide bonds. The van der Waals surface area contributed by atoms with Crippen molar-refractivity contribution in [1.29, 1.82) is 5.26 Å². The van der Waals surface area contributed by atoms with E-state index in [1.165, 1.54) is 6.07 Å². The number of benzene rings is 1. The first-order valence-corrected chi connectivity index (χ1v) is 6.09. The van der Waals surface area contributed by atoms with Crippen molar-refractivity contribution < 1.29 is 4.39 Å². The summed E-state index contributed by atoms with van der Waals surface area (Å²) in [6.45, 7) is 3.62. The molecule has 5 heteroatoms. The molecule has 0 spiro atoms. The van der Waals surface area contributed by atoms with Crippen LogP contribution in [0, 0.1) is 31.0 Å². The molecule has 0 bridgehead atoms. The van der Waals surface area contributed by atoms with E-state index in [9.17, 15) is 4.39 Å². The van der Waals surface area contributed by atoms with Crippen LogP contribution >= 0.6 is 15.9 Å². The predicted octanol–water partition coefficient (Wildman–Crippen LogP) is 3.45. The molecule has 0 radical (unpaired) electrons. The Bertz CT molecular complexity index is 668. The van der Waals surface area contributed by atoms with Gasteiger partial charge in [0.25, 0.3) is 0 Å². The SMILES string of the molecule is Cc1c(C#N)c(N)n(-c2ccc(Br)cc2F)c1C. The maximum Gasteiger partial charge on any atom is 0.148 e. The fourth-order valence-corrected chi connectivity index (χ4v) is 2.28. The van der Waals surface area contributed by atoms with E-state index in [0.29, 0.717) is 15.7 Å². The van der Waals surface area contributed by atoms with Gasteiger partial charge in [0.05, 0.1) is 11.3 Å². The second-order valence-electron chi connectivity index (χ2n) is 4.01. The van der Waals surface area contributed by atoms with E-state index in [0.717, 1.165) is 11.3 Å². The number of hydrogen-bond donors (Lipinski definition) is 1. The summed E-state index contributed by atoms with van der Waals surface area (Å²) in [5.74, 6) is -0.118. The Labute approximate surface area is 113 Å². The van der Waals surface area contributed by atoms with Crippen LogP contribution in [0.4, 0.5) is 10.2 Å². The lowest BCUT2D eigenvalue weighted by Gasteiger charge is -2.10. The fourth-order valence-electron chi connectivity index (χ4n) is 1.95. The molecule has 1 aromatic carbocycles. The van der Waals surface area contributed by atoms with Gasteiger partial charge in [-0.05, 0) is 37.6 Å². The minimum absolute atomic E-state index is 0.272. The molecule has 2 aromatic rings. The van der Waals surface area contributed by atoms with Crippen molar-refractivity contribution in [1.82, 2.24) is 4.57 Å². The molecule has 18 heavy (non-hydrogen) atoms. The van der Waals surface area contributed by atoms with Gasteiger partial charge in [-0.3, -0.25) is 4.57 Å². The largest absolute Gasteiger partial charge is 0.384 e. The summed E-state index contributed by atoms with van der Waals surface area (Å²) in [4.78, 5) is 0. The number of anilines is 1. The van der Waals surface area contributed by atoms with E-state index < -0.39 is 5.82 Å². The second-order valence-corrected chi connectivity index (χ2v) is 4.93. The second kappa shape index (κ2) is 4.46. The lowest BCUT2D eigenvalue weighted by Crippen LogP contribution is -2.04. The highest BCUT2D eigenvalue weighted by atomic mass is 79.9. The van der Waals surface area contributed by atoms with Gasteiger partial charge in [0, 0.05) is 10.2 Å². The van der Waals surface area contributed by atoms with E-state index in [1.54, 1.807) is 23.6 Å². The Kier molecular flexibility index (Phi) is 3.14. The third kappa shape index (κ3) is 1.79. The number of nitrogen functional groups attached to an aromatic ring is 1. The molecule has 3 nitrogen and oxygen atoms in total. The first-order chi connectivity index (χ1) is 8.47. The number of nitriles is 1. The zero-order valence-corrected chi connectivity index (χ0v) is 11.5. The van der Waals surface area contributed by atoms with Crippen LogP contribution in [0.15, 0.2) is 22.7 Å². The first kappa shape index (κ1) is 12.7. The third-order valence-corrected chi connectivity index (χ3v) is 3.51. The molecule has 0 aliphatic heterocycles. The molecule has 0 aliphatic rings. The summed E-state index contributed by atoms with van der Waals surface area (Å²) >= 11 is 3.21. The Morgan fingerprint density at radius 2 is 2.06 bits per heavy atom. The van der Waals surface area contributed by atoms with Crippen LogP contribution in [0.25, 0.3) is 5.69 Å². The van der Waals surface area contributed by atoms with Crippen LogP contribution in [0.3, 0.4) is 0 Å². The average Bonchev–Trinajstić information content (AvgIpc) is 2.52. The Hall–Kier alpha value is -1.80. The summed E-state index contributed by atoms with van der Waals surface area (Å²) in [6, 6.07) is 6.78. The maximum absolute atomic E-state index is 14.0. The molecule has 2 N–H and O–H groups in total. The van der Waals surface area contributed by atoms with Crippen LogP contribution < -0.4 is 5.73 Å². The number of halogens is 2. The van der Waals surface area contributed by atoms with Gasteiger partial charge in [-0.25, -0.2) is 4.39 Å². The minimum Gasteiger partial charge on any atom is -0.384 e. The van der Waals surface area contributed by atoms with Crippen molar-refractivity contribution in [3.05, 3.63) is 45.3 Å². The fraction of sp³-hybridized carbons (Fsp3) is 0.154. The maximum atomic E-state index is 14.0. The van der Waals surface area contributed by atoms with Crippen molar-refractivity contribution >= 4 is 21.7 Å². The molecule has 0 saturated carbocycles. The van der Waals surface area contributed by atoms with E-state index in [-0.39, 0.29) is 5.82 Å². The van der Waals surface area contributed by atoms with Crippen LogP contribution in [0.5, 0.6) is 0 Å². The molecule has 0 fully saturated rings. The van der Waals surface area contributed by atoms with Crippen LogP contribution in [-0.2, 0) is 0 Å². The topological polar surface area (TPSA) is 54.7 Å². The number of hydrogen-bond acceptors (Lipinski definition) is 2. The van der Waals surface area contributed by atoms with Gasteiger partial charge in [-0.2, -0.15) is 5.26 Å². The van der Waals surface area contributed by atoms with Crippen molar-refractivity contribution in [2.75, 3.05) is 5.73 Å². The first-order valence-electron chi connectivity index (χ1n) is 5.30. The molecule has 0 saturated heterocycles. The zero-order chi connectivity index (χ0) is 13.4. The average molecular weight is 308 g/mol. The van der Waals surface area contributed by atoms with Gasteiger partial charge in [0.1, 0.15) is 17.7 Å². The van der Waals surface area contributed by atoms with Gasteiger partial charge < -0.3 is 5.73 Å². The summed E-state index contributed by atoms with van der Waals surface area (Å²) < 4.78 is 16.2. The number of nitrogens with two attached hydrogens (primary N) is 1. The monoisotopic (exact) mass is 307 g/mol. The highest BCUT2D eigenvalue weighted by molar-refractivity contribution is 9.10. The van der Waals surface area contributed by atoms with Gasteiger partial charge in [-0.15, -0.1) is 0 Å². The summed E-state index contributed by atoms with van der Waals surface area (Å²) in [5, 5.41) is 9.05. The van der Waals surface area contributed by atoms with Gasteiger partial charge in [0.15, 0.2) is 0 Å². The lowest BCUT2D eigenvalue weighted by molar-refractivity contribution is 0.617. The minimum atomic E-state index is -0.390. The summed E-state index contributed by atoms with van der Waals surface area (Å²) in [5.41, 5.74) is 8.20. The van der Waals surface area contributed by atoms with Gasteiger partial charge in [-0.1, -0.05) is 15.9 Å². The van der Waals surface area contributed by atoms with Crippen LogP contribution in [0.2, 0.25) is 0 Å². The van der Waals surface area contributed by atoms with E-state index in [1.807, 2.05) is 13.0 Å². The number of aromatic nitrogens is 1. The molecule has 92 valence electrons. The highest BCUT2D eigenvalue weighted by Gasteiger charge is 2.18. The predicted molar refractivity (Wildman–Crippen MR) is 72.0 cm³/mol. The van der Waals surface area contributed by atoms with Crippen molar-refractivity contribution in [2.24, 2.45) is 0 Å². The van der Waals surface area contributed by atoms with E-state index >= 15 is 0 Å². The lowest BCUT2D eigenvalue weighted by atomic mass is 10.2. The third-order valence-electron chi connectivity index (χ3n) is 3.01. The van der Waals surface area contributed by atoms with E-state index in [4.69, 9.17) is 11.0 Å². The Morgan fingerprint density at radius 3 is 2.56 bits per heavy atom. The normalized spacial score (nSPS) is 10.4. The summed E-state index contributed by atoms with van der Waals surface area (Å²) in [6.07, 6.45) is 0. The molecular formula is C13H11BrFN3. The quantitative estimate of drug-likeness (QED) is 0.877. The molecule has 1 aromatic heterocycles. The Balaban J connectivity index is 2.77. The molecule has 1 heterocycles. The molecule has 0 aliphatic carbocycles. The van der Waals surface area contributed by atoms with Crippen molar-refractivity contribution in [3.63, 3.8) is 0 Å². The number of rotatable bonds is 1. The van der Waals surface area contributed by atoms with Crippen molar-refractivity contribution in [3.8, 4) is 11.8 Å². The van der Waals surface area contributed by atoms with Crippen LogP contribution in [-0.4, -0.2) is 4.57 Å². The van der Waals surface area contributed by atoms with Crippen molar-refractivity contribution in [2.45, 2.75) is 13.8 Å².